The molecule has 1 amide bonds. The number of rotatable bonds is 4. The number of carbonyl (C=O) groups excluding carboxylic acids is 1. The lowest BCUT2D eigenvalue weighted by atomic mass is 10.0. The van der Waals surface area contributed by atoms with Gasteiger partial charge in [-0.25, -0.2) is 5.10 Å². The van der Waals surface area contributed by atoms with Gasteiger partial charge in [-0.05, 0) is 37.9 Å². The molecule has 1 aromatic rings. The maximum atomic E-state index is 11.6. The van der Waals surface area contributed by atoms with Crippen LogP contribution in [0.2, 0.25) is 0 Å². The van der Waals surface area contributed by atoms with Crippen LogP contribution in [0.5, 0.6) is 0 Å². The summed E-state index contributed by atoms with van der Waals surface area (Å²) in [5.41, 5.74) is -0.278. The molecule has 3 N–H and O–H groups in total. The van der Waals surface area contributed by atoms with Crippen molar-refractivity contribution < 1.29 is 4.79 Å². The smallest absolute Gasteiger partial charge is 0.264 e. The summed E-state index contributed by atoms with van der Waals surface area (Å²) in [5.74, 6) is 0.930. The molecule has 1 fully saturated rings. The van der Waals surface area contributed by atoms with Gasteiger partial charge in [0.1, 0.15) is 0 Å². The standard InChI is InChI=1S/C11H16N4O2/c16-10(3-1-8-5-6-12-7-8)13-9-2-4-11(17)15-14-9/h2,4,8,12H,1,3,5-7H2,(H,15,17)(H,13,14,16). The molecular weight excluding hydrogens is 220 g/mol. The first kappa shape index (κ1) is 11.8. The van der Waals surface area contributed by atoms with Crippen molar-refractivity contribution in [2.75, 3.05) is 18.4 Å². The van der Waals surface area contributed by atoms with E-state index in [4.69, 9.17) is 0 Å². The fourth-order valence-corrected chi connectivity index (χ4v) is 1.92. The molecule has 2 heterocycles. The van der Waals surface area contributed by atoms with E-state index in [1.165, 1.54) is 12.1 Å². The molecule has 1 aliphatic heterocycles. The van der Waals surface area contributed by atoms with Gasteiger partial charge in [0, 0.05) is 12.5 Å². The van der Waals surface area contributed by atoms with E-state index in [-0.39, 0.29) is 11.5 Å². The van der Waals surface area contributed by atoms with Crippen molar-refractivity contribution in [3.63, 3.8) is 0 Å². The first-order valence-corrected chi connectivity index (χ1v) is 5.80. The van der Waals surface area contributed by atoms with Crippen molar-refractivity contribution in [3.05, 3.63) is 22.5 Å². The predicted octanol–water partition coefficient (Wildman–Crippen LogP) is 0.0981. The summed E-state index contributed by atoms with van der Waals surface area (Å²) in [6.07, 6.45) is 2.53. The Morgan fingerprint density at radius 2 is 2.41 bits per heavy atom. The van der Waals surface area contributed by atoms with E-state index in [1.54, 1.807) is 0 Å². The molecule has 0 spiro atoms. The number of nitrogens with one attached hydrogen (secondary N) is 3. The number of nitrogens with zero attached hydrogens (tertiary/aromatic N) is 1. The average molecular weight is 236 g/mol. The van der Waals surface area contributed by atoms with Crippen LogP contribution in [0.25, 0.3) is 0 Å². The highest BCUT2D eigenvalue weighted by atomic mass is 16.1. The number of amides is 1. The van der Waals surface area contributed by atoms with Crippen LogP contribution < -0.4 is 16.2 Å². The molecule has 1 aromatic heterocycles. The van der Waals surface area contributed by atoms with E-state index in [9.17, 15) is 9.59 Å². The summed E-state index contributed by atoms with van der Waals surface area (Å²) in [7, 11) is 0. The molecule has 17 heavy (non-hydrogen) atoms. The minimum absolute atomic E-state index is 0.0588. The van der Waals surface area contributed by atoms with Crippen LogP contribution in [0.3, 0.4) is 0 Å². The summed E-state index contributed by atoms with van der Waals surface area (Å²) in [6, 6.07) is 2.83. The number of H-pyrrole nitrogens is 1. The number of aromatic nitrogens is 2. The van der Waals surface area contributed by atoms with Gasteiger partial charge in [0.2, 0.25) is 5.91 Å². The van der Waals surface area contributed by atoms with E-state index < -0.39 is 0 Å². The van der Waals surface area contributed by atoms with E-state index in [0.29, 0.717) is 18.2 Å². The second-order valence-corrected chi connectivity index (χ2v) is 4.25. The van der Waals surface area contributed by atoms with Gasteiger partial charge in [0.15, 0.2) is 5.82 Å². The van der Waals surface area contributed by atoms with Gasteiger partial charge in [-0.2, -0.15) is 5.10 Å². The highest BCUT2D eigenvalue weighted by Crippen LogP contribution is 2.14. The molecule has 1 atom stereocenters. The molecule has 1 saturated heterocycles. The fraction of sp³-hybridized carbons (Fsp3) is 0.545. The van der Waals surface area contributed by atoms with Crippen LogP contribution >= 0.6 is 0 Å². The van der Waals surface area contributed by atoms with Crippen LogP contribution in [0, 0.1) is 5.92 Å². The number of carbonyl (C=O) groups is 1. The zero-order valence-electron chi connectivity index (χ0n) is 9.53. The first-order valence-electron chi connectivity index (χ1n) is 5.80. The number of anilines is 1. The molecule has 92 valence electrons. The largest absolute Gasteiger partial charge is 0.316 e. The Morgan fingerprint density at radius 1 is 1.53 bits per heavy atom. The van der Waals surface area contributed by atoms with Crippen LogP contribution in [0.4, 0.5) is 5.82 Å². The molecule has 0 aliphatic carbocycles. The lowest BCUT2D eigenvalue weighted by Gasteiger charge is -2.07. The summed E-state index contributed by atoms with van der Waals surface area (Å²) in [5, 5.41) is 11.9. The highest BCUT2D eigenvalue weighted by molar-refractivity contribution is 5.89. The van der Waals surface area contributed by atoms with Crippen LogP contribution in [0.15, 0.2) is 16.9 Å². The zero-order chi connectivity index (χ0) is 12.1. The summed E-state index contributed by atoms with van der Waals surface area (Å²) >= 11 is 0. The predicted molar refractivity (Wildman–Crippen MR) is 63.7 cm³/mol. The summed E-state index contributed by atoms with van der Waals surface area (Å²) in [4.78, 5) is 22.4. The molecule has 2 rings (SSSR count). The van der Waals surface area contributed by atoms with Crippen molar-refractivity contribution in [1.82, 2.24) is 15.5 Å². The van der Waals surface area contributed by atoms with Crippen LogP contribution in [0.1, 0.15) is 19.3 Å². The second-order valence-electron chi connectivity index (χ2n) is 4.25. The average Bonchev–Trinajstić information content (AvgIpc) is 2.83. The molecule has 6 heteroatoms. The van der Waals surface area contributed by atoms with E-state index >= 15 is 0 Å². The second kappa shape index (κ2) is 5.58. The molecule has 1 aliphatic rings. The van der Waals surface area contributed by atoms with Gasteiger partial charge in [0.25, 0.3) is 5.56 Å². The summed E-state index contributed by atoms with van der Waals surface area (Å²) < 4.78 is 0. The van der Waals surface area contributed by atoms with Gasteiger partial charge >= 0.3 is 0 Å². The Labute approximate surface area is 98.8 Å². The third-order valence-electron chi connectivity index (χ3n) is 2.89. The Balaban J connectivity index is 1.76. The van der Waals surface area contributed by atoms with Gasteiger partial charge in [-0.15, -0.1) is 0 Å². The molecular formula is C11H16N4O2. The van der Waals surface area contributed by atoms with Crippen molar-refractivity contribution in [2.24, 2.45) is 5.92 Å². The van der Waals surface area contributed by atoms with Gasteiger partial charge in [0.05, 0.1) is 0 Å². The Bertz CT molecular complexity index is 417. The van der Waals surface area contributed by atoms with Gasteiger partial charge in [-0.3, -0.25) is 9.59 Å². The SMILES string of the molecule is O=C(CCC1CCNC1)Nc1ccc(=O)[nH]n1. The van der Waals surface area contributed by atoms with E-state index in [0.717, 1.165) is 25.9 Å². The molecule has 0 bridgehead atoms. The Morgan fingerprint density at radius 3 is 3.06 bits per heavy atom. The highest BCUT2D eigenvalue weighted by Gasteiger charge is 2.15. The summed E-state index contributed by atoms with van der Waals surface area (Å²) in [6.45, 7) is 2.05. The Hall–Kier alpha value is -1.69. The number of hydrogen-bond acceptors (Lipinski definition) is 4. The van der Waals surface area contributed by atoms with Crippen LogP contribution in [-0.4, -0.2) is 29.2 Å². The minimum atomic E-state index is -0.278. The molecule has 0 radical (unpaired) electrons. The monoisotopic (exact) mass is 236 g/mol. The zero-order valence-corrected chi connectivity index (χ0v) is 9.53. The fourth-order valence-electron chi connectivity index (χ4n) is 1.92. The lowest BCUT2D eigenvalue weighted by molar-refractivity contribution is -0.116. The van der Waals surface area contributed by atoms with Crippen molar-refractivity contribution in [3.8, 4) is 0 Å². The maximum Gasteiger partial charge on any atom is 0.264 e. The van der Waals surface area contributed by atoms with Gasteiger partial charge < -0.3 is 10.6 Å². The normalized spacial score (nSPS) is 19.2. The molecule has 6 nitrogen and oxygen atoms in total. The number of aromatic amines is 1. The maximum absolute atomic E-state index is 11.6. The number of hydrogen-bond donors (Lipinski definition) is 3. The molecule has 0 aromatic carbocycles. The van der Waals surface area contributed by atoms with Crippen molar-refractivity contribution >= 4 is 11.7 Å². The molecule has 0 saturated carbocycles. The van der Waals surface area contributed by atoms with Crippen LogP contribution in [-0.2, 0) is 4.79 Å². The van der Waals surface area contributed by atoms with E-state index in [2.05, 4.69) is 20.8 Å². The minimum Gasteiger partial charge on any atom is -0.316 e. The third kappa shape index (κ3) is 3.67. The quantitative estimate of drug-likeness (QED) is 0.692. The van der Waals surface area contributed by atoms with Gasteiger partial charge in [-0.1, -0.05) is 0 Å². The molecule has 1 unspecified atom stereocenters. The van der Waals surface area contributed by atoms with E-state index in [1.807, 2.05) is 0 Å². The first-order chi connectivity index (χ1) is 8.24. The van der Waals surface area contributed by atoms with Crippen molar-refractivity contribution in [2.45, 2.75) is 19.3 Å². The topological polar surface area (TPSA) is 86.9 Å². The lowest BCUT2D eigenvalue weighted by Crippen LogP contribution is -2.17. The van der Waals surface area contributed by atoms with Crippen molar-refractivity contribution in [1.29, 1.82) is 0 Å². The Kier molecular flexibility index (Phi) is 3.87. The third-order valence-corrected chi connectivity index (χ3v) is 2.89.